The fourth-order valence-corrected chi connectivity index (χ4v) is 1.74. The van der Waals surface area contributed by atoms with Crippen LogP contribution in [0.3, 0.4) is 0 Å². The molecule has 1 aliphatic heterocycles. The number of nitrogens with zero attached hydrogens (tertiary/aromatic N) is 2. The van der Waals surface area contributed by atoms with Gasteiger partial charge in [-0.05, 0) is 5.70 Å². The summed E-state index contributed by atoms with van der Waals surface area (Å²) in [5.74, 6) is 0. The van der Waals surface area contributed by atoms with Gasteiger partial charge in [0, 0.05) is 45.3 Å². The molecule has 2 nitrogen and oxygen atoms in total. The van der Waals surface area contributed by atoms with E-state index in [9.17, 15) is 0 Å². The molecule has 0 spiro atoms. The maximum Gasteiger partial charge on any atom is 0.0990 e. The Balaban J connectivity index is 0.00000162. The maximum absolute atomic E-state index is 8.76. The second-order valence-electron chi connectivity index (χ2n) is 4.02. The van der Waals surface area contributed by atoms with Gasteiger partial charge in [-0.2, -0.15) is 17.4 Å². The molecule has 0 N–H and O–H groups in total. The molecule has 1 radical (unpaired) electrons. The second kappa shape index (κ2) is 6.13. The Morgan fingerprint density at radius 3 is 2.44 bits per heavy atom. The van der Waals surface area contributed by atoms with Gasteiger partial charge in [0.2, 0.25) is 0 Å². The average Bonchev–Trinajstić information content (AvgIpc) is 2.36. The van der Waals surface area contributed by atoms with E-state index >= 15 is 0 Å². The van der Waals surface area contributed by atoms with Gasteiger partial charge in [0.1, 0.15) is 0 Å². The van der Waals surface area contributed by atoms with Crippen molar-refractivity contribution < 1.29 is 32.7 Å². The van der Waals surface area contributed by atoms with Crippen LogP contribution in [0.5, 0.6) is 0 Å². The van der Waals surface area contributed by atoms with Crippen molar-refractivity contribution in [1.82, 2.24) is 4.90 Å². The molecule has 1 aliphatic rings. The Labute approximate surface area is 133 Å². The Morgan fingerprint density at radius 2 is 1.89 bits per heavy atom. The van der Waals surface area contributed by atoms with Gasteiger partial charge < -0.3 is 4.90 Å². The zero-order valence-corrected chi connectivity index (χ0v) is 13.4. The van der Waals surface area contributed by atoms with Gasteiger partial charge in [0.05, 0.1) is 6.07 Å². The van der Waals surface area contributed by atoms with Crippen LogP contribution in [0.1, 0.15) is 18.1 Å². The molecule has 3 heteroatoms. The Morgan fingerprint density at radius 1 is 1.28 bits per heavy atom. The van der Waals surface area contributed by atoms with E-state index in [1.165, 1.54) is 0 Å². The van der Waals surface area contributed by atoms with Gasteiger partial charge >= 0.3 is 0 Å². The van der Waals surface area contributed by atoms with Crippen molar-refractivity contribution in [3.63, 3.8) is 0 Å². The van der Waals surface area contributed by atoms with Gasteiger partial charge in [-0.25, -0.2) is 0 Å². The number of benzene rings is 1. The van der Waals surface area contributed by atoms with Crippen molar-refractivity contribution in [2.75, 3.05) is 7.05 Å². The van der Waals surface area contributed by atoms with Crippen molar-refractivity contribution in [3.8, 4) is 6.07 Å². The molecule has 0 aliphatic carbocycles. The van der Waals surface area contributed by atoms with Crippen molar-refractivity contribution in [2.24, 2.45) is 0 Å². The summed E-state index contributed by atoms with van der Waals surface area (Å²) in [6, 6.07) is 9.59. The monoisotopic (exact) mass is 310 g/mol. The van der Waals surface area contributed by atoms with Crippen LogP contribution in [0, 0.1) is 17.4 Å². The Bertz CT molecular complexity index is 559. The molecular weight excluding hydrogens is 297 g/mol. The number of likely N-dealkylation sites (N-methyl/N-ethyl adjacent to an activating group) is 1. The zero-order chi connectivity index (χ0) is 12.4. The molecular formula is C15H13N2Y-. The molecule has 0 aromatic heterocycles. The third-order valence-corrected chi connectivity index (χ3v) is 2.91. The van der Waals surface area contributed by atoms with E-state index in [0.29, 0.717) is 5.56 Å². The fourth-order valence-electron chi connectivity index (χ4n) is 1.74. The van der Waals surface area contributed by atoms with Crippen molar-refractivity contribution in [2.45, 2.75) is 6.92 Å². The number of hydrogen-bond donors (Lipinski definition) is 0. The van der Waals surface area contributed by atoms with Crippen LogP contribution < -0.4 is 0 Å². The van der Waals surface area contributed by atoms with Crippen LogP contribution in [0.4, 0.5) is 0 Å². The minimum absolute atomic E-state index is 0. The Hall–Kier alpha value is -1.17. The first-order chi connectivity index (χ1) is 8.13. The standard InChI is InChI=1S/C15H13N2.Y/c1-11-4-9-15(17(3)12(11)2)14-7-5-13(10-16)6-8-14;/h4-8H,2H2,1,3H3;/q-1;. The van der Waals surface area contributed by atoms with Crippen LogP contribution in [0.2, 0.25) is 0 Å². The van der Waals surface area contributed by atoms with Crippen LogP contribution in [0.15, 0.2) is 48.2 Å². The van der Waals surface area contributed by atoms with Crippen molar-refractivity contribution in [3.05, 3.63) is 65.4 Å². The van der Waals surface area contributed by atoms with Crippen molar-refractivity contribution in [1.29, 1.82) is 5.26 Å². The predicted octanol–water partition coefficient (Wildman–Crippen LogP) is 3.11. The molecule has 87 valence electrons. The molecule has 18 heavy (non-hydrogen) atoms. The van der Waals surface area contributed by atoms with E-state index < -0.39 is 0 Å². The number of rotatable bonds is 1. The number of allylic oxidation sites excluding steroid dienone is 3. The van der Waals surface area contributed by atoms with Crippen LogP contribution >= 0.6 is 0 Å². The molecule has 0 unspecified atom stereocenters. The third-order valence-electron chi connectivity index (χ3n) is 2.91. The zero-order valence-electron chi connectivity index (χ0n) is 10.6. The quantitative estimate of drug-likeness (QED) is 0.745. The van der Waals surface area contributed by atoms with E-state index in [0.717, 1.165) is 22.5 Å². The van der Waals surface area contributed by atoms with E-state index in [1.54, 1.807) is 0 Å². The molecule has 0 fully saturated rings. The maximum atomic E-state index is 8.76. The van der Waals surface area contributed by atoms with Crippen LogP contribution in [-0.2, 0) is 32.7 Å². The topological polar surface area (TPSA) is 27.0 Å². The molecule has 0 saturated heterocycles. The molecule has 0 bridgehead atoms. The van der Waals surface area contributed by atoms with E-state index in [2.05, 4.69) is 18.7 Å². The average molecular weight is 310 g/mol. The van der Waals surface area contributed by atoms with Gasteiger partial charge in [-0.1, -0.05) is 36.9 Å². The van der Waals surface area contributed by atoms with E-state index in [-0.39, 0.29) is 32.7 Å². The summed E-state index contributed by atoms with van der Waals surface area (Å²) in [7, 11) is 1.97. The first-order valence-electron chi connectivity index (χ1n) is 5.37. The van der Waals surface area contributed by atoms with Crippen molar-refractivity contribution >= 4 is 5.70 Å². The van der Waals surface area contributed by atoms with Gasteiger partial charge in [-0.15, -0.1) is 17.7 Å². The molecule has 0 amide bonds. The Kier molecular flexibility index (Phi) is 5.07. The number of hydrogen-bond acceptors (Lipinski definition) is 2. The van der Waals surface area contributed by atoms with E-state index in [1.807, 2.05) is 49.2 Å². The minimum Gasteiger partial charge on any atom is -0.378 e. The second-order valence-corrected chi connectivity index (χ2v) is 4.02. The minimum atomic E-state index is 0. The molecule has 2 rings (SSSR count). The molecule has 1 aromatic carbocycles. The largest absolute Gasteiger partial charge is 0.378 e. The SMILES string of the molecule is C=C1C(C)=C[C-]=C(c2ccc(C#N)cc2)N1C.[Y]. The summed E-state index contributed by atoms with van der Waals surface area (Å²) in [4.78, 5) is 2.01. The predicted molar refractivity (Wildman–Crippen MR) is 68.5 cm³/mol. The summed E-state index contributed by atoms with van der Waals surface area (Å²) in [6.45, 7) is 6.05. The molecule has 1 heterocycles. The summed E-state index contributed by atoms with van der Waals surface area (Å²) in [5.41, 5.74) is 4.77. The molecule has 0 saturated carbocycles. The number of nitriles is 1. The summed E-state index contributed by atoms with van der Waals surface area (Å²) < 4.78 is 0. The normalized spacial score (nSPS) is 14.3. The summed E-state index contributed by atoms with van der Waals surface area (Å²) in [5, 5.41) is 8.76. The summed E-state index contributed by atoms with van der Waals surface area (Å²) >= 11 is 0. The van der Waals surface area contributed by atoms with Gasteiger partial charge in [-0.3, -0.25) is 0 Å². The molecule has 0 atom stereocenters. The molecule has 1 aromatic rings. The van der Waals surface area contributed by atoms with Gasteiger partial charge in [0.15, 0.2) is 0 Å². The summed E-state index contributed by atoms with van der Waals surface area (Å²) in [6.07, 6.45) is 5.18. The van der Waals surface area contributed by atoms with E-state index in [4.69, 9.17) is 5.26 Å². The van der Waals surface area contributed by atoms with Crippen LogP contribution in [-0.4, -0.2) is 11.9 Å². The fraction of sp³-hybridized carbons (Fsp3) is 0.133. The first-order valence-corrected chi connectivity index (χ1v) is 5.37. The van der Waals surface area contributed by atoms with Crippen LogP contribution in [0.25, 0.3) is 5.70 Å². The first kappa shape index (κ1) is 14.9. The van der Waals surface area contributed by atoms with Gasteiger partial charge in [0.25, 0.3) is 0 Å². The third kappa shape index (κ3) is 2.80. The smallest absolute Gasteiger partial charge is 0.0990 e.